The topological polar surface area (TPSA) is 83.6 Å². The summed E-state index contributed by atoms with van der Waals surface area (Å²) in [6, 6.07) is 12.2. The van der Waals surface area contributed by atoms with Crippen molar-refractivity contribution < 1.29 is 19.2 Å². The van der Waals surface area contributed by atoms with Crippen molar-refractivity contribution in [2.75, 3.05) is 4.90 Å². The highest BCUT2D eigenvalue weighted by Gasteiger charge is 2.39. The summed E-state index contributed by atoms with van der Waals surface area (Å²) < 4.78 is 0. The van der Waals surface area contributed by atoms with Crippen molar-refractivity contribution in [3.8, 4) is 0 Å². The van der Waals surface area contributed by atoms with Gasteiger partial charge in [-0.25, -0.2) is 4.90 Å². The van der Waals surface area contributed by atoms with Gasteiger partial charge in [0, 0.05) is 33.0 Å². The van der Waals surface area contributed by atoms with Crippen LogP contribution in [0.5, 0.6) is 0 Å². The molecular weight excluding hydrogens is 428 g/mol. The van der Waals surface area contributed by atoms with Gasteiger partial charge in [-0.3, -0.25) is 24.5 Å². The summed E-state index contributed by atoms with van der Waals surface area (Å²) in [6.07, 6.45) is 0. The molecule has 34 heavy (non-hydrogen) atoms. The Hall–Kier alpha value is -3.80. The van der Waals surface area contributed by atoms with Crippen LogP contribution in [0.2, 0.25) is 0 Å². The standard InChI is InChI=1S/C28H26N2O4/c1-27(2,3)14-7-12-19(28(4,5)6)20(13-14)30-25(33)17-10-8-15-21-16(24(32)29-23(15)31)9-11-18(22(17)21)26(30)34/h7-13H,1-6H3,(H,29,31,32). The van der Waals surface area contributed by atoms with E-state index in [0.717, 1.165) is 11.1 Å². The quantitative estimate of drug-likeness (QED) is 0.518. The summed E-state index contributed by atoms with van der Waals surface area (Å²) in [6.45, 7) is 12.4. The molecule has 3 aromatic carbocycles. The Kier molecular flexibility index (Phi) is 4.44. The molecule has 0 bridgehead atoms. The highest BCUT2D eigenvalue weighted by atomic mass is 16.2. The van der Waals surface area contributed by atoms with E-state index in [2.05, 4.69) is 26.1 Å². The van der Waals surface area contributed by atoms with Crippen LogP contribution in [0.25, 0.3) is 10.8 Å². The van der Waals surface area contributed by atoms with Gasteiger partial charge in [0.25, 0.3) is 23.6 Å². The molecule has 2 aliphatic heterocycles. The SMILES string of the molecule is CC(C)(C)c1ccc(C(C)(C)C)c(N2C(=O)c3ccc4c5c(ccc(c35)C2=O)C(=O)NC4=O)c1. The van der Waals surface area contributed by atoms with Gasteiger partial charge in [0.05, 0.1) is 5.69 Å². The average molecular weight is 455 g/mol. The van der Waals surface area contributed by atoms with Gasteiger partial charge >= 0.3 is 0 Å². The Morgan fingerprint density at radius 1 is 0.618 bits per heavy atom. The van der Waals surface area contributed by atoms with Crippen LogP contribution in [0.3, 0.4) is 0 Å². The number of amides is 4. The molecule has 0 saturated carbocycles. The van der Waals surface area contributed by atoms with Crippen LogP contribution >= 0.6 is 0 Å². The van der Waals surface area contributed by atoms with Gasteiger partial charge in [-0.2, -0.15) is 0 Å². The minimum atomic E-state index is -0.531. The Morgan fingerprint density at radius 3 is 1.56 bits per heavy atom. The first-order chi connectivity index (χ1) is 15.8. The van der Waals surface area contributed by atoms with E-state index >= 15 is 0 Å². The van der Waals surface area contributed by atoms with E-state index in [-0.39, 0.29) is 22.0 Å². The third-order valence-corrected chi connectivity index (χ3v) is 6.66. The predicted octanol–water partition coefficient (Wildman–Crippen LogP) is 5.12. The lowest BCUT2D eigenvalue weighted by molar-refractivity contribution is 0.0837. The van der Waals surface area contributed by atoms with Crippen molar-refractivity contribution in [1.82, 2.24) is 5.32 Å². The monoisotopic (exact) mass is 454 g/mol. The average Bonchev–Trinajstić information content (AvgIpc) is 2.74. The Balaban J connectivity index is 1.80. The molecule has 2 heterocycles. The number of nitrogens with one attached hydrogen (secondary N) is 1. The van der Waals surface area contributed by atoms with Gasteiger partial charge in [-0.15, -0.1) is 0 Å². The van der Waals surface area contributed by atoms with Crippen molar-refractivity contribution in [2.24, 2.45) is 0 Å². The van der Waals surface area contributed by atoms with Gasteiger partial charge in [0.1, 0.15) is 0 Å². The molecule has 0 aromatic heterocycles. The van der Waals surface area contributed by atoms with E-state index in [0.29, 0.717) is 27.6 Å². The molecule has 2 aliphatic rings. The molecule has 0 aliphatic carbocycles. The first kappa shape index (κ1) is 22.0. The van der Waals surface area contributed by atoms with Crippen molar-refractivity contribution in [3.63, 3.8) is 0 Å². The zero-order valence-corrected chi connectivity index (χ0v) is 20.1. The van der Waals surface area contributed by atoms with Crippen LogP contribution < -0.4 is 10.2 Å². The molecule has 4 amide bonds. The second-order valence-corrected chi connectivity index (χ2v) is 11.0. The van der Waals surface area contributed by atoms with Gasteiger partial charge in [0.2, 0.25) is 0 Å². The summed E-state index contributed by atoms with van der Waals surface area (Å²) in [5.41, 5.74) is 3.13. The number of carbonyl (C=O) groups is 4. The molecule has 5 rings (SSSR count). The molecule has 0 unspecified atom stereocenters. The number of rotatable bonds is 1. The summed E-state index contributed by atoms with van der Waals surface area (Å²) in [4.78, 5) is 53.9. The third-order valence-electron chi connectivity index (χ3n) is 6.66. The first-order valence-corrected chi connectivity index (χ1v) is 11.3. The largest absolute Gasteiger partial charge is 0.288 e. The summed E-state index contributed by atoms with van der Waals surface area (Å²) in [5.74, 6) is -1.99. The Labute approximate surface area is 197 Å². The highest BCUT2D eigenvalue weighted by molar-refractivity contribution is 6.39. The van der Waals surface area contributed by atoms with E-state index < -0.39 is 23.6 Å². The molecule has 0 fully saturated rings. The number of hydrogen-bond donors (Lipinski definition) is 1. The van der Waals surface area contributed by atoms with E-state index in [9.17, 15) is 19.2 Å². The number of hydrogen-bond acceptors (Lipinski definition) is 4. The molecule has 1 N–H and O–H groups in total. The fraction of sp³-hybridized carbons (Fsp3) is 0.286. The minimum absolute atomic E-state index is 0.181. The zero-order valence-electron chi connectivity index (χ0n) is 20.1. The lowest BCUT2D eigenvalue weighted by Crippen LogP contribution is -2.43. The van der Waals surface area contributed by atoms with Gasteiger partial charge < -0.3 is 0 Å². The van der Waals surface area contributed by atoms with Crippen molar-refractivity contribution in [1.29, 1.82) is 0 Å². The van der Waals surface area contributed by atoms with Crippen LogP contribution in [0.4, 0.5) is 5.69 Å². The number of carbonyl (C=O) groups excluding carboxylic acids is 4. The van der Waals surface area contributed by atoms with E-state index in [4.69, 9.17) is 0 Å². The van der Waals surface area contributed by atoms with Crippen molar-refractivity contribution in [2.45, 2.75) is 52.4 Å². The van der Waals surface area contributed by atoms with E-state index in [1.54, 1.807) is 24.3 Å². The normalized spacial score (nSPS) is 15.8. The molecule has 0 spiro atoms. The number of benzene rings is 3. The lowest BCUT2D eigenvalue weighted by atomic mass is 9.80. The maximum absolute atomic E-state index is 13.9. The van der Waals surface area contributed by atoms with Crippen LogP contribution in [0.15, 0.2) is 42.5 Å². The molecule has 6 heteroatoms. The smallest absolute Gasteiger partial charge is 0.265 e. The Morgan fingerprint density at radius 2 is 1.09 bits per heavy atom. The second kappa shape index (κ2) is 6.86. The van der Waals surface area contributed by atoms with E-state index in [1.165, 1.54) is 4.90 Å². The van der Waals surface area contributed by atoms with Gasteiger partial charge in [0.15, 0.2) is 0 Å². The minimum Gasteiger partial charge on any atom is -0.288 e. The summed E-state index contributed by atoms with van der Waals surface area (Å²) >= 11 is 0. The fourth-order valence-electron chi connectivity index (χ4n) is 4.84. The van der Waals surface area contributed by atoms with E-state index in [1.807, 2.05) is 39.0 Å². The third kappa shape index (κ3) is 3.01. The first-order valence-electron chi connectivity index (χ1n) is 11.3. The molecule has 6 nitrogen and oxygen atoms in total. The van der Waals surface area contributed by atoms with Crippen LogP contribution in [-0.2, 0) is 10.8 Å². The van der Waals surface area contributed by atoms with Crippen LogP contribution in [0, 0.1) is 0 Å². The Bertz CT molecular complexity index is 1400. The molecule has 0 saturated heterocycles. The van der Waals surface area contributed by atoms with Crippen molar-refractivity contribution in [3.05, 3.63) is 75.8 Å². The molecule has 3 aromatic rings. The maximum Gasteiger partial charge on any atom is 0.265 e. The second-order valence-electron chi connectivity index (χ2n) is 11.0. The molecular formula is C28H26N2O4. The maximum atomic E-state index is 13.9. The van der Waals surface area contributed by atoms with Gasteiger partial charge in [-0.1, -0.05) is 53.7 Å². The lowest BCUT2D eigenvalue weighted by Gasteiger charge is -2.34. The summed E-state index contributed by atoms with van der Waals surface area (Å²) in [5, 5.41) is 3.05. The number of anilines is 1. The highest BCUT2D eigenvalue weighted by Crippen LogP contribution is 2.41. The molecule has 0 atom stereocenters. The number of nitrogens with zero attached hydrogens (tertiary/aromatic N) is 1. The van der Waals surface area contributed by atoms with Gasteiger partial charge in [-0.05, 0) is 52.3 Å². The molecule has 172 valence electrons. The zero-order chi connectivity index (χ0) is 24.7. The number of imide groups is 2. The summed E-state index contributed by atoms with van der Waals surface area (Å²) in [7, 11) is 0. The molecule has 0 radical (unpaired) electrons. The van der Waals surface area contributed by atoms with Crippen molar-refractivity contribution >= 4 is 40.1 Å². The van der Waals surface area contributed by atoms with Crippen LogP contribution in [-0.4, -0.2) is 23.6 Å². The van der Waals surface area contributed by atoms with Crippen LogP contribution in [0.1, 0.15) is 94.1 Å². The predicted molar refractivity (Wildman–Crippen MR) is 131 cm³/mol. The fourth-order valence-corrected chi connectivity index (χ4v) is 4.84.